The fraction of sp³-hybridized carbons (Fsp3) is 0.292. The van der Waals surface area contributed by atoms with Gasteiger partial charge >= 0.3 is 0 Å². The number of hydrogen-bond donors (Lipinski definition) is 2. The van der Waals surface area contributed by atoms with Gasteiger partial charge in [0.1, 0.15) is 35.0 Å². The van der Waals surface area contributed by atoms with Crippen molar-refractivity contribution < 1.29 is 22.4 Å². The molecule has 1 aromatic carbocycles. The minimum Gasteiger partial charge on any atom is -0.325 e. The van der Waals surface area contributed by atoms with Crippen molar-refractivity contribution in [3.63, 3.8) is 0 Å². The summed E-state index contributed by atoms with van der Waals surface area (Å²) in [6, 6.07) is 6.27. The van der Waals surface area contributed by atoms with Crippen LogP contribution in [0.4, 0.5) is 23.2 Å². The van der Waals surface area contributed by atoms with Gasteiger partial charge in [-0.05, 0) is 60.6 Å². The molecule has 172 valence electrons. The van der Waals surface area contributed by atoms with Gasteiger partial charge in [-0.3, -0.25) is 9.78 Å². The summed E-state index contributed by atoms with van der Waals surface area (Å²) in [5.74, 6) is -4.01. The second-order valence-corrected chi connectivity index (χ2v) is 8.29. The first kappa shape index (κ1) is 22.8. The highest BCUT2D eigenvalue weighted by molar-refractivity contribution is 6.03. The Labute approximate surface area is 188 Å². The van der Waals surface area contributed by atoms with E-state index in [0.29, 0.717) is 18.5 Å². The zero-order chi connectivity index (χ0) is 23.7. The Morgan fingerprint density at radius 2 is 1.79 bits per heavy atom. The second-order valence-electron chi connectivity index (χ2n) is 8.29. The molecule has 3 aromatic rings. The number of alkyl halides is 1. The van der Waals surface area contributed by atoms with Gasteiger partial charge < -0.3 is 11.1 Å². The quantitative estimate of drug-likeness (QED) is 0.540. The molecule has 0 spiro atoms. The lowest BCUT2D eigenvalue weighted by Crippen LogP contribution is -2.42. The minimum absolute atomic E-state index is 0.0930. The van der Waals surface area contributed by atoms with Crippen LogP contribution in [-0.4, -0.2) is 28.1 Å². The Balaban J connectivity index is 1.63. The fourth-order valence-electron chi connectivity index (χ4n) is 4.33. The van der Waals surface area contributed by atoms with Crippen LogP contribution in [0.1, 0.15) is 41.7 Å². The maximum Gasteiger partial charge on any atom is 0.274 e. The normalized spacial score (nSPS) is 22.7. The highest BCUT2D eigenvalue weighted by Crippen LogP contribution is 2.39. The van der Waals surface area contributed by atoms with E-state index >= 15 is 0 Å². The molecule has 3 N–H and O–H groups in total. The number of benzene rings is 1. The van der Waals surface area contributed by atoms with Crippen LogP contribution in [0.25, 0.3) is 11.3 Å². The fourth-order valence-corrected chi connectivity index (χ4v) is 4.33. The Kier molecular flexibility index (Phi) is 6.42. The SMILES string of the molecule is C[C@H]1C[C@@H](c2ccncc2NC(=O)c2ccc(F)c(-c3c(F)cccc3F)n2)C[C@@H](N)[C@H]1F. The van der Waals surface area contributed by atoms with E-state index in [-0.39, 0.29) is 17.5 Å². The molecule has 9 heteroatoms. The van der Waals surface area contributed by atoms with E-state index in [1.54, 1.807) is 19.2 Å². The standard InChI is InChI=1S/C24H22F4N4O/c1-12-9-13(10-18(29)22(12)28)14-7-8-30-11-20(14)32-24(33)19-6-5-17(27)23(31-19)21-15(25)3-2-4-16(21)26/h2-8,11-13,18,22H,9-10,29H2,1H3,(H,32,33)/t12-,13+,18+,22-/m0/s1. The molecule has 1 fully saturated rings. The van der Waals surface area contributed by atoms with E-state index in [4.69, 9.17) is 5.73 Å². The van der Waals surface area contributed by atoms with Crippen LogP contribution in [0.5, 0.6) is 0 Å². The molecule has 1 aliphatic rings. The van der Waals surface area contributed by atoms with Crippen molar-refractivity contribution in [3.05, 3.63) is 77.5 Å². The van der Waals surface area contributed by atoms with Crippen LogP contribution in [0.3, 0.4) is 0 Å². The number of nitrogens with one attached hydrogen (secondary N) is 1. The van der Waals surface area contributed by atoms with E-state index in [1.807, 2.05) is 0 Å². The highest BCUT2D eigenvalue weighted by atomic mass is 19.1. The molecule has 1 aliphatic carbocycles. The summed E-state index contributed by atoms with van der Waals surface area (Å²) in [5.41, 5.74) is 5.60. The van der Waals surface area contributed by atoms with Gasteiger partial charge in [-0.15, -0.1) is 0 Å². The van der Waals surface area contributed by atoms with Crippen LogP contribution < -0.4 is 11.1 Å². The molecule has 4 atom stereocenters. The number of pyridine rings is 2. The lowest BCUT2D eigenvalue weighted by Gasteiger charge is -2.35. The number of amides is 1. The molecule has 2 heterocycles. The van der Waals surface area contributed by atoms with Gasteiger partial charge in [-0.1, -0.05) is 13.0 Å². The molecule has 2 aromatic heterocycles. The number of nitrogens with two attached hydrogens (primary N) is 1. The maximum atomic E-state index is 14.3. The van der Waals surface area contributed by atoms with Crippen molar-refractivity contribution in [1.29, 1.82) is 0 Å². The van der Waals surface area contributed by atoms with Crippen LogP contribution >= 0.6 is 0 Å². The van der Waals surface area contributed by atoms with Gasteiger partial charge in [0, 0.05) is 12.2 Å². The predicted octanol–water partition coefficient (Wildman–Crippen LogP) is 4.99. The average molecular weight is 458 g/mol. The highest BCUT2D eigenvalue weighted by Gasteiger charge is 2.35. The predicted molar refractivity (Wildman–Crippen MR) is 116 cm³/mol. The Morgan fingerprint density at radius 1 is 1.06 bits per heavy atom. The number of nitrogens with zero attached hydrogens (tertiary/aromatic N) is 2. The number of hydrogen-bond acceptors (Lipinski definition) is 4. The molecular weight excluding hydrogens is 436 g/mol. The summed E-state index contributed by atoms with van der Waals surface area (Å²) in [5, 5.41) is 2.68. The maximum absolute atomic E-state index is 14.3. The van der Waals surface area contributed by atoms with Gasteiger partial charge in [0.15, 0.2) is 0 Å². The van der Waals surface area contributed by atoms with Gasteiger partial charge in [0.05, 0.1) is 17.4 Å². The summed E-state index contributed by atoms with van der Waals surface area (Å²) >= 11 is 0. The summed E-state index contributed by atoms with van der Waals surface area (Å²) in [4.78, 5) is 20.8. The zero-order valence-corrected chi connectivity index (χ0v) is 17.7. The summed E-state index contributed by atoms with van der Waals surface area (Å²) in [6.07, 6.45) is 2.88. The van der Waals surface area contributed by atoms with Gasteiger partial charge in [0.25, 0.3) is 5.91 Å². The lowest BCUT2D eigenvalue weighted by molar-refractivity contribution is 0.102. The summed E-state index contributed by atoms with van der Waals surface area (Å²) < 4.78 is 56.8. The van der Waals surface area contributed by atoms with Crippen LogP contribution in [0, 0.1) is 23.4 Å². The molecule has 5 nitrogen and oxygen atoms in total. The molecule has 4 rings (SSSR count). The van der Waals surface area contributed by atoms with E-state index in [1.165, 1.54) is 6.20 Å². The number of rotatable bonds is 4. The van der Waals surface area contributed by atoms with Crippen molar-refractivity contribution in [2.75, 3.05) is 5.32 Å². The number of carbonyl (C=O) groups excluding carboxylic acids is 1. The Morgan fingerprint density at radius 3 is 2.48 bits per heavy atom. The molecule has 0 aliphatic heterocycles. The molecule has 0 radical (unpaired) electrons. The third kappa shape index (κ3) is 4.59. The first-order chi connectivity index (χ1) is 15.8. The smallest absolute Gasteiger partial charge is 0.274 e. The van der Waals surface area contributed by atoms with E-state index in [0.717, 1.165) is 35.9 Å². The molecule has 33 heavy (non-hydrogen) atoms. The van der Waals surface area contributed by atoms with Crippen LogP contribution in [0.2, 0.25) is 0 Å². The molecule has 0 bridgehead atoms. The van der Waals surface area contributed by atoms with Crippen LogP contribution in [0.15, 0.2) is 48.8 Å². The van der Waals surface area contributed by atoms with Gasteiger partial charge in [-0.25, -0.2) is 22.5 Å². The molecular formula is C24H22F4N4O. The number of aromatic nitrogens is 2. The third-order valence-electron chi connectivity index (χ3n) is 5.99. The van der Waals surface area contributed by atoms with Crippen LogP contribution in [-0.2, 0) is 0 Å². The van der Waals surface area contributed by atoms with Crippen molar-refractivity contribution in [1.82, 2.24) is 9.97 Å². The number of anilines is 1. The van der Waals surface area contributed by atoms with Crippen molar-refractivity contribution in [3.8, 4) is 11.3 Å². The topological polar surface area (TPSA) is 80.9 Å². The number of carbonyl (C=O) groups is 1. The van der Waals surface area contributed by atoms with E-state index in [2.05, 4.69) is 15.3 Å². The monoisotopic (exact) mass is 458 g/mol. The van der Waals surface area contributed by atoms with Gasteiger partial charge in [0.2, 0.25) is 0 Å². The molecule has 1 saturated carbocycles. The summed E-state index contributed by atoms with van der Waals surface area (Å²) in [6.45, 7) is 1.79. The lowest BCUT2D eigenvalue weighted by atomic mass is 9.75. The minimum atomic E-state index is -1.10. The van der Waals surface area contributed by atoms with E-state index in [9.17, 15) is 22.4 Å². The first-order valence-corrected chi connectivity index (χ1v) is 10.5. The second kappa shape index (κ2) is 9.27. The molecule has 0 saturated heterocycles. The number of halogens is 4. The zero-order valence-electron chi connectivity index (χ0n) is 17.7. The Hall–Kier alpha value is -3.33. The van der Waals surface area contributed by atoms with Crippen molar-refractivity contribution in [2.45, 2.75) is 37.9 Å². The largest absolute Gasteiger partial charge is 0.325 e. The summed E-state index contributed by atoms with van der Waals surface area (Å²) in [7, 11) is 0. The molecule has 0 unspecified atom stereocenters. The van der Waals surface area contributed by atoms with Crippen molar-refractivity contribution in [2.24, 2.45) is 11.7 Å². The average Bonchev–Trinajstić information content (AvgIpc) is 2.78. The Bertz CT molecular complexity index is 1160. The van der Waals surface area contributed by atoms with Gasteiger partial charge in [-0.2, -0.15) is 0 Å². The van der Waals surface area contributed by atoms with Crippen molar-refractivity contribution >= 4 is 11.6 Å². The molecule has 1 amide bonds. The first-order valence-electron chi connectivity index (χ1n) is 10.5. The third-order valence-corrected chi connectivity index (χ3v) is 5.99. The van der Waals surface area contributed by atoms with E-state index < -0.39 is 46.8 Å².